The molecule has 1 aliphatic heterocycles. The second-order valence-electron chi connectivity index (χ2n) is 9.13. The summed E-state index contributed by atoms with van der Waals surface area (Å²) < 4.78 is 31.1. The van der Waals surface area contributed by atoms with E-state index in [0.29, 0.717) is 27.9 Å². The van der Waals surface area contributed by atoms with Gasteiger partial charge >= 0.3 is 5.97 Å². The second kappa shape index (κ2) is 8.30. The number of carbonyl (C=O) groups excluding carboxylic acids is 1. The summed E-state index contributed by atoms with van der Waals surface area (Å²) in [5.74, 6) is -0.310. The van der Waals surface area contributed by atoms with Gasteiger partial charge in [0.15, 0.2) is 5.79 Å². The predicted octanol–water partition coefficient (Wildman–Crippen LogP) is 5.14. The van der Waals surface area contributed by atoms with Crippen molar-refractivity contribution >= 4 is 39.0 Å². The van der Waals surface area contributed by atoms with Gasteiger partial charge in [-0.3, -0.25) is 0 Å². The van der Waals surface area contributed by atoms with E-state index in [-0.39, 0.29) is 18.0 Å². The number of halogens is 1. The van der Waals surface area contributed by atoms with Crippen molar-refractivity contribution in [2.75, 3.05) is 12.4 Å². The minimum absolute atomic E-state index is 0.0849. The van der Waals surface area contributed by atoms with Crippen molar-refractivity contribution in [1.29, 1.82) is 0 Å². The van der Waals surface area contributed by atoms with E-state index in [4.69, 9.17) is 14.2 Å². The molecule has 7 nitrogen and oxygen atoms in total. The first-order chi connectivity index (χ1) is 15.7. The van der Waals surface area contributed by atoms with Gasteiger partial charge in [-0.05, 0) is 75.3 Å². The Bertz CT molecular complexity index is 1210. The first-order valence-corrected chi connectivity index (χ1v) is 11.8. The highest BCUT2D eigenvalue weighted by Gasteiger charge is 2.47. The molecule has 3 atom stereocenters. The highest BCUT2D eigenvalue weighted by atomic mass is 32.1. The SMILES string of the molecule is COC(=O)c1sc2ncnc(Nc3ccc(F)cc3CC3C[C@@H]4OC(C)(C)O[C@@H]4C3)c2c1C. The van der Waals surface area contributed by atoms with Crippen molar-refractivity contribution in [2.45, 2.75) is 58.0 Å². The maximum atomic E-state index is 14.2. The molecule has 0 bridgehead atoms. The molecule has 1 aliphatic carbocycles. The Morgan fingerprint density at radius 2 is 2.00 bits per heavy atom. The number of esters is 1. The molecular formula is C24H26FN3O4S. The van der Waals surface area contributed by atoms with Crippen LogP contribution in [-0.4, -0.2) is 41.0 Å². The summed E-state index contributed by atoms with van der Waals surface area (Å²) in [5.41, 5.74) is 2.40. The van der Waals surface area contributed by atoms with Crippen molar-refractivity contribution < 1.29 is 23.4 Å². The minimum atomic E-state index is -0.536. The van der Waals surface area contributed by atoms with Gasteiger partial charge in [0.25, 0.3) is 0 Å². The molecule has 1 saturated heterocycles. The maximum absolute atomic E-state index is 14.2. The van der Waals surface area contributed by atoms with Crippen LogP contribution in [-0.2, 0) is 20.6 Å². The molecule has 33 heavy (non-hydrogen) atoms. The fraction of sp³-hybridized carbons (Fsp3) is 0.458. The smallest absolute Gasteiger partial charge is 0.348 e. The molecule has 174 valence electrons. The van der Waals surface area contributed by atoms with Crippen molar-refractivity contribution in [2.24, 2.45) is 5.92 Å². The zero-order valence-corrected chi connectivity index (χ0v) is 19.8. The molecule has 1 N–H and O–H groups in total. The van der Waals surface area contributed by atoms with E-state index in [9.17, 15) is 9.18 Å². The Balaban J connectivity index is 1.42. The molecule has 2 aromatic heterocycles. The van der Waals surface area contributed by atoms with E-state index in [1.54, 1.807) is 12.1 Å². The Kier molecular flexibility index (Phi) is 5.58. The Hall–Kier alpha value is -2.62. The number of methoxy groups -OCH3 is 1. The lowest BCUT2D eigenvalue weighted by Crippen LogP contribution is -2.23. The summed E-state index contributed by atoms with van der Waals surface area (Å²) in [4.78, 5) is 22.1. The van der Waals surface area contributed by atoms with Crippen LogP contribution >= 0.6 is 11.3 Å². The van der Waals surface area contributed by atoms with Gasteiger partial charge in [-0.25, -0.2) is 19.2 Å². The number of rotatable bonds is 5. The Morgan fingerprint density at radius 1 is 1.27 bits per heavy atom. The molecule has 3 aromatic rings. The van der Waals surface area contributed by atoms with Crippen LogP contribution in [0.4, 0.5) is 15.9 Å². The van der Waals surface area contributed by atoms with Crippen LogP contribution < -0.4 is 5.32 Å². The molecule has 0 radical (unpaired) electrons. The molecular weight excluding hydrogens is 445 g/mol. The van der Waals surface area contributed by atoms with Gasteiger partial charge in [-0.15, -0.1) is 11.3 Å². The third-order valence-corrected chi connectivity index (χ3v) is 7.52. The zero-order valence-electron chi connectivity index (χ0n) is 19.0. The van der Waals surface area contributed by atoms with Crippen molar-refractivity contribution in [3.8, 4) is 0 Å². The first-order valence-electron chi connectivity index (χ1n) is 11.0. The Labute approximate surface area is 195 Å². The summed E-state index contributed by atoms with van der Waals surface area (Å²) >= 11 is 1.27. The number of nitrogens with one attached hydrogen (secondary N) is 1. The number of fused-ring (bicyclic) bond motifs is 2. The average Bonchev–Trinajstić information content (AvgIpc) is 3.38. The van der Waals surface area contributed by atoms with E-state index in [1.807, 2.05) is 20.8 Å². The largest absolute Gasteiger partial charge is 0.465 e. The Morgan fingerprint density at radius 3 is 2.70 bits per heavy atom. The van der Waals surface area contributed by atoms with Gasteiger partial charge in [-0.1, -0.05) is 0 Å². The number of anilines is 2. The molecule has 1 saturated carbocycles. The highest BCUT2D eigenvalue weighted by molar-refractivity contribution is 7.20. The number of thiophene rings is 1. The lowest BCUT2D eigenvalue weighted by atomic mass is 9.96. The molecule has 9 heteroatoms. The fourth-order valence-corrected chi connectivity index (χ4v) is 6.04. The monoisotopic (exact) mass is 471 g/mol. The van der Waals surface area contributed by atoms with Crippen LogP contribution in [0.15, 0.2) is 24.5 Å². The topological polar surface area (TPSA) is 82.6 Å². The van der Waals surface area contributed by atoms with Crippen LogP contribution in [0.5, 0.6) is 0 Å². The second-order valence-corrected chi connectivity index (χ2v) is 10.1. The van der Waals surface area contributed by atoms with Crippen LogP contribution in [0.2, 0.25) is 0 Å². The number of benzene rings is 1. The number of hydrogen-bond acceptors (Lipinski definition) is 8. The van der Waals surface area contributed by atoms with E-state index in [0.717, 1.165) is 35.0 Å². The minimum Gasteiger partial charge on any atom is -0.465 e. The predicted molar refractivity (Wildman–Crippen MR) is 123 cm³/mol. The summed E-state index contributed by atoms with van der Waals surface area (Å²) in [7, 11) is 1.36. The van der Waals surface area contributed by atoms with Gasteiger partial charge in [0, 0.05) is 5.69 Å². The van der Waals surface area contributed by atoms with Crippen LogP contribution in [0.1, 0.15) is 47.5 Å². The van der Waals surface area contributed by atoms with Crippen LogP contribution in [0.3, 0.4) is 0 Å². The van der Waals surface area contributed by atoms with E-state index in [1.165, 1.54) is 30.8 Å². The quantitative estimate of drug-likeness (QED) is 0.516. The normalized spacial score (nSPS) is 23.6. The van der Waals surface area contributed by atoms with Crippen molar-refractivity contribution in [3.63, 3.8) is 0 Å². The highest BCUT2D eigenvalue weighted by Crippen LogP contribution is 2.43. The van der Waals surface area contributed by atoms with E-state index in [2.05, 4.69) is 15.3 Å². The van der Waals surface area contributed by atoms with Crippen molar-refractivity contribution in [1.82, 2.24) is 9.97 Å². The molecule has 3 heterocycles. The lowest BCUT2D eigenvalue weighted by molar-refractivity contribution is -0.153. The third-order valence-electron chi connectivity index (χ3n) is 6.34. The fourth-order valence-electron chi connectivity index (χ4n) is 4.97. The van der Waals surface area contributed by atoms with Gasteiger partial charge in [-0.2, -0.15) is 0 Å². The number of nitrogens with zero attached hydrogens (tertiary/aromatic N) is 2. The van der Waals surface area contributed by atoms with Gasteiger partial charge in [0.1, 0.15) is 27.7 Å². The summed E-state index contributed by atoms with van der Waals surface area (Å²) in [6, 6.07) is 4.73. The van der Waals surface area contributed by atoms with Gasteiger partial charge in [0.2, 0.25) is 0 Å². The average molecular weight is 472 g/mol. The molecule has 5 rings (SSSR count). The molecule has 2 fully saturated rings. The molecule has 0 spiro atoms. The van der Waals surface area contributed by atoms with Gasteiger partial charge in [0.05, 0.1) is 24.7 Å². The number of ether oxygens (including phenoxy) is 3. The number of carbonyl (C=O) groups is 1. The number of aryl methyl sites for hydroxylation is 1. The summed E-state index contributed by atoms with van der Waals surface area (Å²) in [6.07, 6.45) is 4.09. The van der Waals surface area contributed by atoms with Crippen LogP contribution in [0.25, 0.3) is 10.2 Å². The summed E-state index contributed by atoms with van der Waals surface area (Å²) in [6.45, 7) is 5.73. The maximum Gasteiger partial charge on any atom is 0.348 e. The summed E-state index contributed by atoms with van der Waals surface area (Å²) in [5, 5.41) is 4.13. The van der Waals surface area contributed by atoms with Gasteiger partial charge < -0.3 is 19.5 Å². The molecule has 0 amide bonds. The molecule has 1 unspecified atom stereocenters. The van der Waals surface area contributed by atoms with E-state index >= 15 is 0 Å². The van der Waals surface area contributed by atoms with E-state index < -0.39 is 11.8 Å². The standard InChI is InChI=1S/C24H26FN3O4S/c1-12-19-21(26-11-27-22(19)33-20(12)23(29)30-4)28-16-6-5-15(25)10-14(16)7-13-8-17-18(9-13)32-24(2,3)31-17/h5-6,10-11,13,17-18H,7-9H2,1-4H3,(H,26,27,28)/t13?,17-,18+. The number of hydrogen-bond donors (Lipinski definition) is 1. The van der Waals surface area contributed by atoms with Crippen LogP contribution in [0, 0.1) is 18.7 Å². The third kappa shape index (κ3) is 4.20. The zero-order chi connectivity index (χ0) is 23.3. The number of aromatic nitrogens is 2. The molecule has 2 aliphatic rings. The molecule has 1 aromatic carbocycles. The van der Waals surface area contributed by atoms with Crippen molar-refractivity contribution in [3.05, 3.63) is 46.3 Å². The first kappa shape index (κ1) is 22.2. The lowest BCUT2D eigenvalue weighted by Gasteiger charge is -2.21.